The third-order valence-electron chi connectivity index (χ3n) is 9.11. The second-order valence-corrected chi connectivity index (χ2v) is 20.6. The molecule has 9 nitrogen and oxygen atoms in total. The highest BCUT2D eigenvalue weighted by Crippen LogP contribution is 2.78. The van der Waals surface area contributed by atoms with Gasteiger partial charge in [-0.2, -0.15) is 79.0 Å². The van der Waals surface area contributed by atoms with Gasteiger partial charge in [-0.05, 0) is 146 Å². The molecule has 30 heteroatoms. The second kappa shape index (κ2) is 19.2. The Morgan fingerprint density at radius 3 is 0.417 bits per heavy atom. The Balaban J connectivity index is 1.60. The highest BCUT2D eigenvalue weighted by atomic mass is 31.3. The van der Waals surface area contributed by atoms with Crippen molar-refractivity contribution >= 4 is 23.0 Å². The van der Waals surface area contributed by atoms with Gasteiger partial charge in [0.2, 0.25) is 0 Å². The lowest BCUT2D eigenvalue weighted by molar-refractivity contribution is -0.138. The summed E-state index contributed by atoms with van der Waals surface area (Å²) in [6.45, 7) is 0. The fourth-order valence-corrected chi connectivity index (χ4v) is 14.9. The summed E-state index contributed by atoms with van der Waals surface area (Å²) in [5, 5.41) is 0. The first-order valence-electron chi connectivity index (χ1n) is 19.4. The maximum Gasteiger partial charge on any atom is 0.460 e. The van der Waals surface area contributed by atoms with Crippen LogP contribution >= 0.6 is 23.0 Å². The van der Waals surface area contributed by atoms with Crippen LogP contribution in [0.3, 0.4) is 0 Å². The molecule has 0 N–H and O–H groups in total. The van der Waals surface area contributed by atoms with Crippen LogP contribution in [0.1, 0.15) is 33.4 Å². The predicted octanol–water partition coefficient (Wildman–Crippen LogP) is 18.4. The molecule has 0 unspecified atom stereocenters. The second-order valence-electron chi connectivity index (χ2n) is 14.4. The molecular weight excluding hydrogens is 1080 g/mol. The minimum absolute atomic E-state index is 0.442. The van der Waals surface area contributed by atoms with Gasteiger partial charge in [-0.3, -0.25) is 0 Å². The Morgan fingerprint density at radius 1 is 0.208 bits per heavy atom. The highest BCUT2D eigenvalue weighted by molar-refractivity contribution is 7.79. The molecule has 0 atom stereocenters. The van der Waals surface area contributed by atoms with Crippen molar-refractivity contribution in [3.63, 3.8) is 0 Å². The van der Waals surface area contributed by atoms with Crippen molar-refractivity contribution in [1.82, 2.24) is 0 Å². The lowest BCUT2D eigenvalue weighted by Crippen LogP contribution is -2.12. The van der Waals surface area contributed by atoms with Crippen molar-refractivity contribution in [1.29, 1.82) is 0 Å². The molecule has 72 heavy (non-hydrogen) atoms. The molecule has 6 aromatic rings. The summed E-state index contributed by atoms with van der Waals surface area (Å²) in [5.41, 5.74) is -7.78. The maximum atomic E-state index is 13.8. The summed E-state index contributed by atoms with van der Waals surface area (Å²) < 4.78 is 297. The zero-order chi connectivity index (χ0) is 52.8. The van der Waals surface area contributed by atoms with E-state index >= 15 is 0 Å². The van der Waals surface area contributed by atoms with Crippen molar-refractivity contribution < 1.29 is 106 Å². The number of hydrogen-bond acceptors (Lipinski definition) is 9. The zero-order valence-corrected chi connectivity index (χ0v) is 37.5. The minimum atomic E-state index is -5.41. The Morgan fingerprint density at radius 2 is 0.319 bits per heavy atom. The molecule has 0 aromatic heterocycles. The first-order valence-corrected chi connectivity index (χ1v) is 23.9. The van der Waals surface area contributed by atoms with Crippen LogP contribution in [0.25, 0.3) is 0 Å². The number of hydrogen-bond donors (Lipinski definition) is 0. The highest BCUT2D eigenvalue weighted by Gasteiger charge is 2.50. The first-order chi connectivity index (χ1) is 33.2. The van der Waals surface area contributed by atoms with Crippen LogP contribution in [0.15, 0.2) is 159 Å². The smallest absolute Gasteiger partial charge is 0.413 e. The Bertz CT molecular complexity index is 2510. The summed E-state index contributed by atoms with van der Waals surface area (Å²) in [4.78, 5) is 0. The molecule has 1 aliphatic heterocycles. The van der Waals surface area contributed by atoms with Gasteiger partial charge < -0.3 is 27.1 Å². The average molecular weight is 1100 g/mol. The molecule has 7 rings (SSSR count). The zero-order valence-electron chi connectivity index (χ0n) is 34.8. The van der Waals surface area contributed by atoms with Crippen molar-refractivity contribution in [3.8, 4) is 34.5 Å². The van der Waals surface area contributed by atoms with Crippen LogP contribution in [-0.2, 0) is 37.1 Å². The molecule has 0 saturated carbocycles. The van der Waals surface area contributed by atoms with E-state index in [2.05, 4.69) is 13.5 Å². The van der Waals surface area contributed by atoms with E-state index in [1.165, 1.54) is 0 Å². The van der Waals surface area contributed by atoms with Gasteiger partial charge >= 0.3 is 60.0 Å². The summed E-state index contributed by atoms with van der Waals surface area (Å²) >= 11 is 0. The lowest BCUT2D eigenvalue weighted by atomic mass is 10.2. The normalized spacial score (nSPS) is 15.8. The fourth-order valence-electron chi connectivity index (χ4n) is 5.81. The summed E-state index contributed by atoms with van der Waals surface area (Å²) in [7, 11) is -16.2. The Kier molecular flexibility index (Phi) is 14.2. The topological polar surface area (TPSA) is 92.5 Å². The molecule has 0 fully saturated rings. The number of nitrogens with zero attached hydrogens (tertiary/aromatic N) is 3. The number of halogens is 18. The summed E-state index contributed by atoms with van der Waals surface area (Å²) in [6.07, 6.45) is -29.9. The van der Waals surface area contributed by atoms with Crippen LogP contribution in [0, 0.1) is 0 Å². The van der Waals surface area contributed by atoms with Crippen molar-refractivity contribution in [2.24, 2.45) is 13.5 Å². The molecule has 6 aromatic carbocycles. The van der Waals surface area contributed by atoms with Crippen molar-refractivity contribution in [2.75, 3.05) is 0 Å². The largest absolute Gasteiger partial charge is 0.460 e. The fraction of sp³-hybridized carbons (Fsp3) is 0.143. The van der Waals surface area contributed by atoms with Gasteiger partial charge in [0, 0.05) is 0 Å². The standard InChI is InChI=1S/C42H24F18N3O6P3/c43-37(44,45)25-1-13-31(14-2-25)64-70(65-32-15-3-26(4-16-32)38(46,47)48)61-71(66-33-17-5-27(6-18-33)39(49,50)51,67-34-19-7-28(8-20-34)40(52,53)54)63-72(62-70,68-35-21-9-29(10-22-35)41(55,56)57)69-36-23-11-30(12-24-36)42(58,59)60/h1-24H. The van der Waals surface area contributed by atoms with Crippen molar-refractivity contribution in [2.45, 2.75) is 37.1 Å². The van der Waals surface area contributed by atoms with Crippen LogP contribution < -0.4 is 27.1 Å². The third-order valence-corrected chi connectivity index (χ3v) is 17.2. The van der Waals surface area contributed by atoms with E-state index in [0.717, 1.165) is 0 Å². The Hall–Kier alpha value is -6.45. The van der Waals surface area contributed by atoms with Crippen LogP contribution in [0.5, 0.6) is 34.5 Å². The van der Waals surface area contributed by atoms with Gasteiger partial charge in [0.05, 0.1) is 33.4 Å². The SMILES string of the molecule is FC(F)(F)c1ccc(OP2(Oc3ccc(C(F)(F)F)cc3)=NP(Oc3ccc(C(F)(F)F)cc3)(Oc3ccc(C(F)(F)F)cc3)=NP(Oc3ccc(C(F)(F)F)cc3)(Oc3ccc(C(F)(F)F)cc3)=N2)cc1. The molecule has 0 radical (unpaired) electrons. The van der Waals surface area contributed by atoms with Crippen molar-refractivity contribution in [3.05, 3.63) is 179 Å². The van der Waals surface area contributed by atoms with E-state index in [0.29, 0.717) is 146 Å². The number of alkyl halides is 18. The molecule has 0 saturated heterocycles. The van der Waals surface area contributed by atoms with E-state index in [-0.39, 0.29) is 0 Å². The van der Waals surface area contributed by atoms with Gasteiger partial charge in [0.15, 0.2) is 0 Å². The molecular formula is C42H24F18N3O6P3. The molecule has 0 amide bonds. The van der Waals surface area contributed by atoms with Crippen LogP contribution in [0.2, 0.25) is 0 Å². The average Bonchev–Trinajstić information content (AvgIpc) is 3.25. The lowest BCUT2D eigenvalue weighted by Gasteiger charge is -2.33. The van der Waals surface area contributed by atoms with E-state index in [1.807, 2.05) is 0 Å². The van der Waals surface area contributed by atoms with Crippen LogP contribution in [-0.4, -0.2) is 0 Å². The van der Waals surface area contributed by atoms with Gasteiger partial charge in [-0.15, -0.1) is 0 Å². The van der Waals surface area contributed by atoms with Gasteiger partial charge in [-0.25, -0.2) is 0 Å². The molecule has 1 heterocycles. The van der Waals surface area contributed by atoms with E-state index in [9.17, 15) is 79.0 Å². The number of benzene rings is 6. The first kappa shape index (κ1) is 53.4. The Labute approximate surface area is 392 Å². The monoisotopic (exact) mass is 1100 g/mol. The van der Waals surface area contributed by atoms with Gasteiger partial charge in [0.1, 0.15) is 34.5 Å². The third kappa shape index (κ3) is 13.1. The predicted molar refractivity (Wildman–Crippen MR) is 220 cm³/mol. The molecule has 384 valence electrons. The minimum Gasteiger partial charge on any atom is -0.413 e. The van der Waals surface area contributed by atoms with E-state index < -0.39 is 128 Å². The van der Waals surface area contributed by atoms with Crippen LogP contribution in [0.4, 0.5) is 79.0 Å². The maximum absolute atomic E-state index is 13.8. The molecule has 1 aliphatic rings. The molecule has 0 aliphatic carbocycles. The van der Waals surface area contributed by atoms with E-state index in [1.54, 1.807) is 0 Å². The molecule has 0 bridgehead atoms. The number of rotatable bonds is 12. The van der Waals surface area contributed by atoms with Gasteiger partial charge in [0.25, 0.3) is 0 Å². The summed E-state index contributed by atoms with van der Waals surface area (Å²) in [6, 6.07) is 13.0. The molecule has 0 spiro atoms. The summed E-state index contributed by atoms with van der Waals surface area (Å²) in [5.74, 6) is -4.24. The quantitative estimate of drug-likeness (QED) is 0.0895. The van der Waals surface area contributed by atoms with E-state index in [4.69, 9.17) is 27.1 Å². The van der Waals surface area contributed by atoms with Gasteiger partial charge in [-0.1, -0.05) is 13.5 Å².